The van der Waals surface area contributed by atoms with Crippen LogP contribution in [0.2, 0.25) is 0 Å². The highest BCUT2D eigenvalue weighted by Gasteiger charge is 2.18. The second kappa shape index (κ2) is 9.85. The Morgan fingerprint density at radius 1 is 0.378 bits per heavy atom. The van der Waals surface area contributed by atoms with E-state index in [1.807, 2.05) is 34.4 Å². The third-order valence-electron chi connectivity index (χ3n) is 8.81. The molecule has 5 heteroatoms. The van der Waals surface area contributed by atoms with E-state index in [9.17, 15) is 0 Å². The lowest BCUT2D eigenvalue weighted by Crippen LogP contribution is -1.92. The summed E-state index contributed by atoms with van der Waals surface area (Å²) in [7, 11) is 0. The molecule has 0 N–H and O–H groups in total. The van der Waals surface area contributed by atoms with Crippen LogP contribution in [0.15, 0.2) is 155 Å². The molecule has 0 saturated heterocycles. The van der Waals surface area contributed by atoms with Crippen molar-refractivity contribution in [1.29, 1.82) is 0 Å². The van der Waals surface area contributed by atoms with E-state index in [1.54, 1.807) is 0 Å². The summed E-state index contributed by atoms with van der Waals surface area (Å²) in [6.45, 7) is 0. The SMILES string of the molecule is c1ccc2c(c1)sc1c2c2ccccc2n1-c1ccc(Sc2ccc(-n3c4ccccc4c4c5ccccc5sc43)cc2)cc1. The van der Waals surface area contributed by atoms with Gasteiger partial charge in [0.05, 0.1) is 11.0 Å². The number of nitrogens with zero attached hydrogens (tertiary/aromatic N) is 2. The van der Waals surface area contributed by atoms with Gasteiger partial charge in [-0.15, -0.1) is 22.7 Å². The number of aromatic nitrogens is 2. The summed E-state index contributed by atoms with van der Waals surface area (Å²) in [5.41, 5.74) is 4.90. The standard InChI is InChI=1S/C40H24N2S3/c1-5-13-33-29(9-1)37-31-11-3-7-15-35(31)44-39(37)41(33)25-17-21-27(22-18-25)43-28-23-19-26(20-24-28)42-34-14-6-2-10-30(34)38-32-12-4-8-16-36(32)45-40(38)42/h1-24H. The van der Waals surface area contributed by atoms with Gasteiger partial charge in [-0.2, -0.15) is 0 Å². The maximum absolute atomic E-state index is 2.43. The van der Waals surface area contributed by atoms with Gasteiger partial charge in [0.2, 0.25) is 0 Å². The van der Waals surface area contributed by atoms with Crippen molar-refractivity contribution in [3.63, 3.8) is 0 Å². The fourth-order valence-electron chi connectivity index (χ4n) is 6.85. The van der Waals surface area contributed by atoms with E-state index < -0.39 is 0 Å². The fourth-order valence-corrected chi connectivity index (χ4v) is 10.2. The van der Waals surface area contributed by atoms with Gasteiger partial charge >= 0.3 is 0 Å². The van der Waals surface area contributed by atoms with Crippen molar-refractivity contribution in [2.24, 2.45) is 0 Å². The first-order valence-corrected chi connectivity index (χ1v) is 17.5. The van der Waals surface area contributed by atoms with Crippen LogP contribution in [-0.4, -0.2) is 9.13 Å². The largest absolute Gasteiger partial charge is 0.301 e. The molecule has 6 aromatic carbocycles. The molecule has 0 spiro atoms. The number of benzene rings is 6. The van der Waals surface area contributed by atoms with Crippen molar-refractivity contribution in [3.05, 3.63) is 146 Å². The number of para-hydroxylation sites is 2. The Labute approximate surface area is 271 Å². The Kier molecular flexibility index (Phi) is 5.58. The molecule has 0 unspecified atom stereocenters. The lowest BCUT2D eigenvalue weighted by molar-refractivity contribution is 1.18. The Hall–Kier alpha value is -4.81. The molecule has 0 bridgehead atoms. The zero-order valence-electron chi connectivity index (χ0n) is 24.0. The third-order valence-corrected chi connectivity index (χ3v) is 12.1. The lowest BCUT2D eigenvalue weighted by Gasteiger charge is -2.10. The van der Waals surface area contributed by atoms with Crippen molar-refractivity contribution >= 4 is 96.8 Å². The first-order valence-electron chi connectivity index (χ1n) is 15.0. The zero-order valence-corrected chi connectivity index (χ0v) is 26.4. The Bertz CT molecular complexity index is 2530. The molecular weight excluding hydrogens is 605 g/mol. The summed E-state index contributed by atoms with van der Waals surface area (Å²) >= 11 is 5.56. The highest BCUT2D eigenvalue weighted by atomic mass is 32.2. The van der Waals surface area contributed by atoms with Gasteiger partial charge in [0, 0.05) is 62.9 Å². The molecule has 0 aliphatic rings. The third kappa shape index (κ3) is 3.82. The normalized spacial score (nSPS) is 12.1. The second-order valence-electron chi connectivity index (χ2n) is 11.4. The van der Waals surface area contributed by atoms with Crippen LogP contribution in [0.5, 0.6) is 0 Å². The van der Waals surface area contributed by atoms with Crippen LogP contribution in [0, 0.1) is 0 Å². The van der Waals surface area contributed by atoms with Gasteiger partial charge in [0.25, 0.3) is 0 Å². The van der Waals surface area contributed by atoms with Crippen LogP contribution in [0.4, 0.5) is 0 Å². The number of hydrogen-bond acceptors (Lipinski definition) is 3. The molecule has 4 heterocycles. The summed E-state index contributed by atoms with van der Waals surface area (Å²) in [6.07, 6.45) is 0. The van der Waals surface area contributed by atoms with Crippen LogP contribution < -0.4 is 0 Å². The summed E-state index contributed by atoms with van der Waals surface area (Å²) in [6, 6.07) is 53.1. The Morgan fingerprint density at radius 3 is 1.20 bits per heavy atom. The first kappa shape index (κ1) is 25.5. The lowest BCUT2D eigenvalue weighted by atomic mass is 10.1. The minimum absolute atomic E-state index is 1.19. The van der Waals surface area contributed by atoms with E-state index >= 15 is 0 Å². The molecule has 0 fully saturated rings. The molecule has 10 rings (SSSR count). The van der Waals surface area contributed by atoms with Crippen molar-refractivity contribution in [1.82, 2.24) is 9.13 Å². The maximum atomic E-state index is 2.43. The summed E-state index contributed by atoms with van der Waals surface area (Å²) in [5.74, 6) is 0. The van der Waals surface area contributed by atoms with Crippen molar-refractivity contribution in [2.75, 3.05) is 0 Å². The van der Waals surface area contributed by atoms with Crippen molar-refractivity contribution < 1.29 is 0 Å². The molecule has 0 atom stereocenters. The van der Waals surface area contributed by atoms with E-state index in [0.29, 0.717) is 0 Å². The molecule has 10 aromatic rings. The Balaban J connectivity index is 1.00. The zero-order chi connectivity index (χ0) is 29.5. The molecule has 0 aliphatic carbocycles. The summed E-state index contributed by atoms with van der Waals surface area (Å²) in [4.78, 5) is 5.07. The van der Waals surface area contributed by atoms with E-state index in [1.165, 1.54) is 83.6 Å². The second-order valence-corrected chi connectivity index (χ2v) is 14.6. The molecule has 212 valence electrons. The van der Waals surface area contributed by atoms with E-state index in [4.69, 9.17) is 0 Å². The van der Waals surface area contributed by atoms with Crippen LogP contribution in [-0.2, 0) is 0 Å². The molecular formula is C40H24N2S3. The summed E-state index contributed by atoms with van der Waals surface area (Å²) in [5, 5.41) is 8.01. The average molecular weight is 629 g/mol. The van der Waals surface area contributed by atoms with Crippen LogP contribution in [0.25, 0.3) is 73.8 Å². The molecule has 0 radical (unpaired) electrons. The summed E-state index contributed by atoms with van der Waals surface area (Å²) < 4.78 is 7.51. The van der Waals surface area contributed by atoms with Gasteiger partial charge in [-0.1, -0.05) is 84.6 Å². The monoisotopic (exact) mass is 628 g/mol. The van der Waals surface area contributed by atoms with Gasteiger partial charge < -0.3 is 9.13 Å². The topological polar surface area (TPSA) is 9.86 Å². The molecule has 45 heavy (non-hydrogen) atoms. The highest BCUT2D eigenvalue weighted by Crippen LogP contribution is 2.44. The quantitative estimate of drug-likeness (QED) is 0.188. The predicted molar refractivity (Wildman–Crippen MR) is 196 cm³/mol. The van der Waals surface area contributed by atoms with Gasteiger partial charge in [0.15, 0.2) is 0 Å². The van der Waals surface area contributed by atoms with E-state index in [-0.39, 0.29) is 0 Å². The highest BCUT2D eigenvalue weighted by molar-refractivity contribution is 7.99. The Morgan fingerprint density at radius 2 is 0.756 bits per heavy atom. The number of hydrogen-bond donors (Lipinski definition) is 0. The molecule has 0 aliphatic heterocycles. The fraction of sp³-hybridized carbons (Fsp3) is 0. The maximum Gasteiger partial charge on any atom is 0.109 e. The smallest absolute Gasteiger partial charge is 0.109 e. The average Bonchev–Trinajstić information content (AvgIpc) is 3.82. The minimum atomic E-state index is 1.19. The van der Waals surface area contributed by atoms with Gasteiger partial charge in [-0.3, -0.25) is 0 Å². The van der Waals surface area contributed by atoms with E-state index in [2.05, 4.69) is 155 Å². The first-order chi connectivity index (χ1) is 22.3. The number of fused-ring (bicyclic) bond motifs is 10. The molecule has 0 amide bonds. The van der Waals surface area contributed by atoms with Gasteiger partial charge in [-0.25, -0.2) is 0 Å². The van der Waals surface area contributed by atoms with E-state index in [0.717, 1.165) is 0 Å². The van der Waals surface area contributed by atoms with Gasteiger partial charge in [-0.05, 0) is 72.8 Å². The minimum Gasteiger partial charge on any atom is -0.301 e. The van der Waals surface area contributed by atoms with Crippen LogP contribution in [0.1, 0.15) is 0 Å². The van der Waals surface area contributed by atoms with Crippen molar-refractivity contribution in [3.8, 4) is 11.4 Å². The van der Waals surface area contributed by atoms with Crippen LogP contribution >= 0.6 is 34.4 Å². The number of rotatable bonds is 4. The predicted octanol–water partition coefficient (Wildman–Crippen LogP) is 12.5. The van der Waals surface area contributed by atoms with Gasteiger partial charge in [0.1, 0.15) is 9.66 Å². The molecule has 4 aromatic heterocycles. The molecule has 0 saturated carbocycles. The van der Waals surface area contributed by atoms with Crippen molar-refractivity contribution in [2.45, 2.75) is 9.79 Å². The number of thiophene rings is 2. The molecule has 2 nitrogen and oxygen atoms in total. The van der Waals surface area contributed by atoms with Crippen LogP contribution in [0.3, 0.4) is 0 Å².